The molecular formula is C15H12FN3O2S. The van der Waals surface area contributed by atoms with Crippen molar-refractivity contribution < 1.29 is 9.18 Å². The Kier molecular flexibility index (Phi) is 3.50. The molecule has 7 heteroatoms. The van der Waals surface area contributed by atoms with Crippen molar-refractivity contribution >= 4 is 27.9 Å². The fraction of sp³-hybridized carbons (Fsp3) is 0.133. The zero-order valence-corrected chi connectivity index (χ0v) is 12.7. The summed E-state index contributed by atoms with van der Waals surface area (Å²) in [5.41, 5.74) is 1.29. The number of aromatic nitrogens is 2. The highest BCUT2D eigenvalue weighted by Crippen LogP contribution is 2.16. The number of halogens is 1. The first kappa shape index (κ1) is 14.4. The smallest absolute Gasteiger partial charge is 0.282 e. The van der Waals surface area contributed by atoms with Crippen molar-refractivity contribution in [2.45, 2.75) is 13.8 Å². The highest BCUT2D eigenvalue weighted by atomic mass is 32.1. The molecule has 0 aliphatic rings. The molecule has 5 nitrogen and oxygen atoms in total. The molecule has 22 heavy (non-hydrogen) atoms. The van der Waals surface area contributed by atoms with E-state index in [-0.39, 0.29) is 16.8 Å². The van der Waals surface area contributed by atoms with E-state index in [4.69, 9.17) is 0 Å². The van der Waals surface area contributed by atoms with Gasteiger partial charge in [-0.2, -0.15) is 0 Å². The fourth-order valence-corrected chi connectivity index (χ4v) is 3.02. The molecule has 2 aromatic heterocycles. The monoisotopic (exact) mass is 317 g/mol. The van der Waals surface area contributed by atoms with Crippen LogP contribution in [0.3, 0.4) is 0 Å². The molecule has 0 spiro atoms. The van der Waals surface area contributed by atoms with E-state index in [0.29, 0.717) is 10.7 Å². The Balaban J connectivity index is 2.03. The number of carbonyl (C=O) groups is 1. The molecule has 0 unspecified atom stereocenters. The predicted molar refractivity (Wildman–Crippen MR) is 83.2 cm³/mol. The first-order chi connectivity index (χ1) is 10.5. The summed E-state index contributed by atoms with van der Waals surface area (Å²) in [4.78, 5) is 29.6. The summed E-state index contributed by atoms with van der Waals surface area (Å²) in [7, 11) is 0. The predicted octanol–water partition coefficient (Wildman–Crippen LogP) is 2.76. The molecule has 3 rings (SSSR count). The molecule has 0 saturated carbocycles. The normalized spacial score (nSPS) is 10.9. The van der Waals surface area contributed by atoms with Crippen LogP contribution in [0, 0.1) is 19.7 Å². The molecule has 1 amide bonds. The van der Waals surface area contributed by atoms with Gasteiger partial charge in [-0.1, -0.05) is 0 Å². The molecule has 112 valence electrons. The van der Waals surface area contributed by atoms with Gasteiger partial charge in [0.05, 0.1) is 5.69 Å². The van der Waals surface area contributed by atoms with Gasteiger partial charge in [0.2, 0.25) is 0 Å². The van der Waals surface area contributed by atoms with Crippen molar-refractivity contribution in [1.29, 1.82) is 0 Å². The largest absolute Gasteiger partial charge is 0.316 e. The summed E-state index contributed by atoms with van der Waals surface area (Å²) < 4.78 is 14.4. The van der Waals surface area contributed by atoms with Gasteiger partial charge in [-0.3, -0.25) is 14.0 Å². The van der Waals surface area contributed by atoms with E-state index in [2.05, 4.69) is 10.3 Å². The second kappa shape index (κ2) is 5.34. The molecule has 0 atom stereocenters. The number of nitrogens with zero attached hydrogens (tertiary/aromatic N) is 2. The third kappa shape index (κ3) is 2.39. The summed E-state index contributed by atoms with van der Waals surface area (Å²) >= 11 is 1.37. The van der Waals surface area contributed by atoms with Gasteiger partial charge < -0.3 is 5.32 Å². The van der Waals surface area contributed by atoms with Crippen molar-refractivity contribution in [3.63, 3.8) is 0 Å². The van der Waals surface area contributed by atoms with Crippen molar-refractivity contribution in [1.82, 2.24) is 9.38 Å². The number of amides is 1. The molecule has 0 fully saturated rings. The number of anilines is 1. The summed E-state index contributed by atoms with van der Waals surface area (Å²) in [6.07, 6.45) is 0. The highest BCUT2D eigenvalue weighted by molar-refractivity contribution is 7.15. The van der Waals surface area contributed by atoms with E-state index < -0.39 is 11.7 Å². The number of rotatable bonds is 2. The molecule has 0 aliphatic heterocycles. The van der Waals surface area contributed by atoms with Crippen LogP contribution in [0.25, 0.3) is 4.96 Å². The number of hydrogen-bond donors (Lipinski definition) is 1. The lowest BCUT2D eigenvalue weighted by molar-refractivity contribution is 0.102. The third-order valence-corrected chi connectivity index (χ3v) is 4.21. The van der Waals surface area contributed by atoms with E-state index in [1.54, 1.807) is 13.8 Å². The lowest BCUT2D eigenvalue weighted by Crippen LogP contribution is -2.25. The quantitative estimate of drug-likeness (QED) is 0.790. The van der Waals surface area contributed by atoms with Crippen LogP contribution in [-0.4, -0.2) is 15.3 Å². The molecule has 3 aromatic rings. The summed E-state index contributed by atoms with van der Waals surface area (Å²) in [6, 6.07) is 5.11. The van der Waals surface area contributed by atoms with Crippen LogP contribution in [-0.2, 0) is 0 Å². The number of thiazole rings is 1. The number of hydrogen-bond acceptors (Lipinski definition) is 4. The van der Waals surface area contributed by atoms with Gasteiger partial charge in [0.1, 0.15) is 11.5 Å². The van der Waals surface area contributed by atoms with Crippen LogP contribution < -0.4 is 10.9 Å². The van der Waals surface area contributed by atoms with Gasteiger partial charge in [-0.25, -0.2) is 9.37 Å². The third-order valence-electron chi connectivity index (χ3n) is 3.27. The van der Waals surface area contributed by atoms with Crippen molar-refractivity contribution in [2.75, 3.05) is 5.32 Å². The lowest BCUT2D eigenvalue weighted by atomic mass is 10.2. The standard InChI is InChI=1S/C15H12FN3O2S/c1-8-7-22-15-17-9(2)12(14(21)19(8)15)18-13(20)10-3-5-11(16)6-4-10/h3-7H,1-2H3,(H,18,20). The summed E-state index contributed by atoms with van der Waals surface area (Å²) in [5.74, 6) is -0.903. The fourth-order valence-electron chi connectivity index (χ4n) is 2.11. The highest BCUT2D eigenvalue weighted by Gasteiger charge is 2.15. The van der Waals surface area contributed by atoms with Crippen molar-refractivity contribution in [3.8, 4) is 0 Å². The van der Waals surface area contributed by atoms with Crippen molar-refractivity contribution in [3.05, 3.63) is 62.8 Å². The minimum Gasteiger partial charge on any atom is -0.316 e. The maximum absolute atomic E-state index is 12.9. The molecule has 0 aliphatic carbocycles. The van der Waals surface area contributed by atoms with Crippen LogP contribution in [0.5, 0.6) is 0 Å². The second-order valence-corrected chi connectivity index (χ2v) is 5.67. The first-order valence-corrected chi connectivity index (χ1v) is 7.39. The number of fused-ring (bicyclic) bond motifs is 1. The van der Waals surface area contributed by atoms with Gasteiger partial charge in [-0.15, -0.1) is 11.3 Å². The van der Waals surface area contributed by atoms with Crippen LogP contribution in [0.2, 0.25) is 0 Å². The Morgan fingerprint density at radius 3 is 2.64 bits per heavy atom. The van der Waals surface area contributed by atoms with Gasteiger partial charge >= 0.3 is 0 Å². The molecule has 1 aromatic carbocycles. The second-order valence-electron chi connectivity index (χ2n) is 4.83. The summed E-state index contributed by atoms with van der Waals surface area (Å²) in [6.45, 7) is 3.46. The Labute approximate surface area is 129 Å². The lowest BCUT2D eigenvalue weighted by Gasteiger charge is -2.08. The number of carbonyl (C=O) groups excluding carboxylic acids is 1. The van der Waals surface area contributed by atoms with E-state index >= 15 is 0 Å². The van der Waals surface area contributed by atoms with E-state index in [1.807, 2.05) is 5.38 Å². The Morgan fingerprint density at radius 1 is 1.27 bits per heavy atom. The molecular weight excluding hydrogens is 305 g/mol. The van der Waals surface area contributed by atoms with Gasteiger partial charge in [0.15, 0.2) is 4.96 Å². The van der Waals surface area contributed by atoms with Crippen LogP contribution in [0.1, 0.15) is 21.7 Å². The van der Waals surface area contributed by atoms with Crippen molar-refractivity contribution in [2.24, 2.45) is 0 Å². The zero-order valence-electron chi connectivity index (χ0n) is 11.9. The Bertz CT molecular complexity index is 928. The first-order valence-electron chi connectivity index (χ1n) is 6.52. The van der Waals surface area contributed by atoms with E-state index in [9.17, 15) is 14.0 Å². The average molecular weight is 317 g/mol. The molecule has 0 bridgehead atoms. The van der Waals surface area contributed by atoms with Crippen LogP contribution in [0.15, 0.2) is 34.4 Å². The summed E-state index contributed by atoms with van der Waals surface area (Å²) in [5, 5.41) is 4.40. The molecule has 1 N–H and O–H groups in total. The number of nitrogens with one attached hydrogen (secondary N) is 1. The van der Waals surface area contributed by atoms with Gasteiger partial charge in [-0.05, 0) is 38.1 Å². The topological polar surface area (TPSA) is 63.5 Å². The number of aryl methyl sites for hydroxylation is 2. The van der Waals surface area contributed by atoms with E-state index in [1.165, 1.54) is 40.0 Å². The van der Waals surface area contributed by atoms with Crippen LogP contribution in [0.4, 0.5) is 10.1 Å². The minimum absolute atomic E-state index is 0.133. The SMILES string of the molecule is Cc1nc2scc(C)n2c(=O)c1NC(=O)c1ccc(F)cc1. The number of benzene rings is 1. The Hall–Kier alpha value is -2.54. The van der Waals surface area contributed by atoms with Crippen LogP contribution >= 0.6 is 11.3 Å². The minimum atomic E-state index is -0.477. The zero-order chi connectivity index (χ0) is 15.9. The maximum Gasteiger partial charge on any atom is 0.282 e. The Morgan fingerprint density at radius 2 is 1.95 bits per heavy atom. The van der Waals surface area contributed by atoms with E-state index in [0.717, 1.165) is 5.69 Å². The molecule has 0 radical (unpaired) electrons. The maximum atomic E-state index is 12.9. The van der Waals surface area contributed by atoms with Gasteiger partial charge in [0.25, 0.3) is 11.5 Å². The molecule has 0 saturated heterocycles. The average Bonchev–Trinajstić information content (AvgIpc) is 2.85. The molecule has 2 heterocycles. The van der Waals surface area contributed by atoms with Gasteiger partial charge in [0, 0.05) is 16.6 Å².